The van der Waals surface area contributed by atoms with Gasteiger partial charge in [0.15, 0.2) is 0 Å². The van der Waals surface area contributed by atoms with Crippen molar-refractivity contribution in [2.45, 2.75) is 33.4 Å². The van der Waals surface area contributed by atoms with Crippen molar-refractivity contribution in [2.24, 2.45) is 0 Å². The first kappa shape index (κ1) is 15.5. The molecule has 0 spiro atoms. The van der Waals surface area contributed by atoms with Crippen LogP contribution >= 0.6 is 0 Å². The normalized spacial score (nSPS) is 10.6. The largest absolute Gasteiger partial charge is 0.494 e. The lowest BCUT2D eigenvalue weighted by molar-refractivity contribution is -0.129. The van der Waals surface area contributed by atoms with Crippen molar-refractivity contribution in [3.63, 3.8) is 0 Å². The fourth-order valence-electron chi connectivity index (χ4n) is 1.65. The summed E-state index contributed by atoms with van der Waals surface area (Å²) in [5.74, 6) is 0.962. The minimum atomic E-state index is 0.0996. The Bertz CT molecular complexity index is 388. The van der Waals surface area contributed by atoms with E-state index in [2.05, 4.69) is 5.32 Å². The Balaban J connectivity index is 2.47. The summed E-state index contributed by atoms with van der Waals surface area (Å²) >= 11 is 0. The van der Waals surface area contributed by atoms with E-state index in [0.29, 0.717) is 25.7 Å². The lowest BCUT2D eigenvalue weighted by Gasteiger charge is -2.18. The maximum atomic E-state index is 11.9. The molecule has 0 radical (unpaired) electrons. The average Bonchev–Trinajstić information content (AvgIpc) is 2.38. The number of nitrogens with zero attached hydrogens (tertiary/aromatic N) is 1. The van der Waals surface area contributed by atoms with Crippen molar-refractivity contribution in [1.82, 2.24) is 10.2 Å². The smallest absolute Gasteiger partial charge is 0.236 e. The number of hydrogen-bond acceptors (Lipinski definition) is 3. The van der Waals surface area contributed by atoms with E-state index in [-0.39, 0.29) is 5.91 Å². The zero-order valence-corrected chi connectivity index (χ0v) is 12.3. The van der Waals surface area contributed by atoms with Crippen LogP contribution < -0.4 is 10.1 Å². The maximum absolute atomic E-state index is 11.9. The number of carbonyl (C=O) groups is 1. The van der Waals surface area contributed by atoms with Crippen LogP contribution in [0.1, 0.15) is 26.3 Å². The van der Waals surface area contributed by atoms with Crippen LogP contribution in [0.5, 0.6) is 5.75 Å². The van der Waals surface area contributed by atoms with E-state index >= 15 is 0 Å². The highest BCUT2D eigenvalue weighted by Gasteiger charge is 2.09. The standard InChI is InChI=1S/C15H24N2O2/c1-5-19-14-8-6-13(7-9-14)11-17(4)15(18)10-16-12(2)3/h6-9,12,16H,5,10-11H2,1-4H3. The van der Waals surface area contributed by atoms with Crippen LogP contribution in [0, 0.1) is 0 Å². The molecule has 4 nitrogen and oxygen atoms in total. The minimum absolute atomic E-state index is 0.0996. The lowest BCUT2D eigenvalue weighted by Crippen LogP contribution is -2.37. The van der Waals surface area contributed by atoms with Crippen LogP contribution in [0.25, 0.3) is 0 Å². The van der Waals surface area contributed by atoms with Gasteiger partial charge in [-0.1, -0.05) is 26.0 Å². The summed E-state index contributed by atoms with van der Waals surface area (Å²) in [7, 11) is 1.82. The van der Waals surface area contributed by atoms with Gasteiger partial charge in [-0.2, -0.15) is 0 Å². The molecule has 0 atom stereocenters. The van der Waals surface area contributed by atoms with Crippen molar-refractivity contribution >= 4 is 5.91 Å². The zero-order chi connectivity index (χ0) is 14.3. The highest BCUT2D eigenvalue weighted by atomic mass is 16.5. The molecular weight excluding hydrogens is 240 g/mol. The molecule has 1 amide bonds. The molecule has 0 saturated heterocycles. The number of likely N-dealkylation sites (N-methyl/N-ethyl adjacent to an activating group) is 1. The predicted octanol–water partition coefficient (Wildman–Crippen LogP) is 2.04. The Morgan fingerprint density at radius 2 is 1.95 bits per heavy atom. The number of benzene rings is 1. The molecule has 1 N–H and O–H groups in total. The quantitative estimate of drug-likeness (QED) is 0.819. The Hall–Kier alpha value is -1.55. The van der Waals surface area contributed by atoms with Crippen molar-refractivity contribution in [3.05, 3.63) is 29.8 Å². The summed E-state index contributed by atoms with van der Waals surface area (Å²) < 4.78 is 5.39. The third-order valence-corrected chi connectivity index (χ3v) is 2.74. The van der Waals surface area contributed by atoms with Crippen LogP contribution in [0.4, 0.5) is 0 Å². The van der Waals surface area contributed by atoms with E-state index < -0.39 is 0 Å². The van der Waals surface area contributed by atoms with Gasteiger partial charge in [0.2, 0.25) is 5.91 Å². The third-order valence-electron chi connectivity index (χ3n) is 2.74. The Kier molecular flexibility index (Phi) is 6.36. The second-order valence-corrected chi connectivity index (χ2v) is 4.86. The Labute approximate surface area is 115 Å². The number of amides is 1. The molecule has 19 heavy (non-hydrogen) atoms. The van der Waals surface area contributed by atoms with Gasteiger partial charge in [0.1, 0.15) is 5.75 Å². The highest BCUT2D eigenvalue weighted by molar-refractivity contribution is 5.78. The molecule has 0 aliphatic carbocycles. The van der Waals surface area contributed by atoms with Gasteiger partial charge in [0.05, 0.1) is 13.2 Å². The molecule has 0 aliphatic rings. The summed E-state index contributed by atoms with van der Waals surface area (Å²) in [5.41, 5.74) is 1.10. The van der Waals surface area contributed by atoms with Gasteiger partial charge in [0, 0.05) is 19.6 Å². The first-order valence-electron chi connectivity index (χ1n) is 6.72. The molecule has 1 aromatic carbocycles. The molecular formula is C15H24N2O2. The van der Waals surface area contributed by atoms with E-state index in [0.717, 1.165) is 11.3 Å². The van der Waals surface area contributed by atoms with Gasteiger partial charge in [-0.25, -0.2) is 0 Å². The maximum Gasteiger partial charge on any atom is 0.236 e. The number of rotatable bonds is 7. The SMILES string of the molecule is CCOc1ccc(CN(C)C(=O)CNC(C)C)cc1. The van der Waals surface area contributed by atoms with Crippen molar-refractivity contribution in [2.75, 3.05) is 20.2 Å². The summed E-state index contributed by atoms with van der Waals surface area (Å²) in [5, 5.41) is 3.13. The van der Waals surface area contributed by atoms with Gasteiger partial charge < -0.3 is 15.0 Å². The molecule has 0 unspecified atom stereocenters. The van der Waals surface area contributed by atoms with Gasteiger partial charge in [-0.05, 0) is 24.6 Å². The first-order chi connectivity index (χ1) is 9.02. The predicted molar refractivity (Wildman–Crippen MR) is 77.2 cm³/mol. The fraction of sp³-hybridized carbons (Fsp3) is 0.533. The summed E-state index contributed by atoms with van der Waals surface area (Å²) in [6, 6.07) is 8.17. The lowest BCUT2D eigenvalue weighted by atomic mass is 10.2. The molecule has 0 aromatic heterocycles. The zero-order valence-electron chi connectivity index (χ0n) is 12.3. The van der Waals surface area contributed by atoms with Gasteiger partial charge in [-0.3, -0.25) is 4.79 Å². The second-order valence-electron chi connectivity index (χ2n) is 4.86. The average molecular weight is 264 g/mol. The van der Waals surface area contributed by atoms with Crippen LogP contribution in [0.15, 0.2) is 24.3 Å². The monoisotopic (exact) mass is 264 g/mol. The molecule has 1 aromatic rings. The van der Waals surface area contributed by atoms with Crippen LogP contribution in [0.3, 0.4) is 0 Å². The summed E-state index contributed by atoms with van der Waals surface area (Å²) in [6.07, 6.45) is 0. The fourth-order valence-corrected chi connectivity index (χ4v) is 1.65. The topological polar surface area (TPSA) is 41.6 Å². The van der Waals surface area contributed by atoms with Crippen LogP contribution in [0.2, 0.25) is 0 Å². The Morgan fingerprint density at radius 1 is 1.32 bits per heavy atom. The van der Waals surface area contributed by atoms with Crippen molar-refractivity contribution < 1.29 is 9.53 Å². The molecule has 106 valence electrons. The van der Waals surface area contributed by atoms with Crippen molar-refractivity contribution in [3.8, 4) is 5.75 Å². The van der Waals surface area contributed by atoms with E-state index in [4.69, 9.17) is 4.74 Å². The minimum Gasteiger partial charge on any atom is -0.494 e. The summed E-state index contributed by atoms with van der Waals surface area (Å²) in [4.78, 5) is 13.6. The van der Waals surface area contributed by atoms with E-state index in [1.807, 2.05) is 52.1 Å². The number of nitrogens with one attached hydrogen (secondary N) is 1. The summed E-state index contributed by atoms with van der Waals surface area (Å²) in [6.45, 7) is 7.68. The van der Waals surface area contributed by atoms with Crippen LogP contribution in [-0.2, 0) is 11.3 Å². The van der Waals surface area contributed by atoms with Crippen LogP contribution in [-0.4, -0.2) is 37.0 Å². The third kappa shape index (κ3) is 5.75. The van der Waals surface area contributed by atoms with Crippen molar-refractivity contribution in [1.29, 1.82) is 0 Å². The van der Waals surface area contributed by atoms with Gasteiger partial charge >= 0.3 is 0 Å². The molecule has 0 aliphatic heterocycles. The van der Waals surface area contributed by atoms with Gasteiger partial charge in [-0.15, -0.1) is 0 Å². The molecule has 0 saturated carbocycles. The van der Waals surface area contributed by atoms with E-state index in [9.17, 15) is 4.79 Å². The highest BCUT2D eigenvalue weighted by Crippen LogP contribution is 2.13. The van der Waals surface area contributed by atoms with E-state index in [1.165, 1.54) is 0 Å². The molecule has 1 rings (SSSR count). The second kappa shape index (κ2) is 7.79. The number of hydrogen-bond donors (Lipinski definition) is 1. The number of ether oxygens (including phenoxy) is 1. The molecule has 4 heteroatoms. The first-order valence-corrected chi connectivity index (χ1v) is 6.72. The molecule has 0 heterocycles. The molecule has 0 fully saturated rings. The van der Waals surface area contributed by atoms with Gasteiger partial charge in [0.25, 0.3) is 0 Å². The van der Waals surface area contributed by atoms with E-state index in [1.54, 1.807) is 4.90 Å². The Morgan fingerprint density at radius 3 is 2.47 bits per heavy atom. The number of carbonyl (C=O) groups excluding carboxylic acids is 1. The molecule has 0 bridgehead atoms.